The van der Waals surface area contributed by atoms with Crippen LogP contribution in [-0.2, 0) is 19.7 Å². The molecule has 0 unspecified atom stereocenters. The van der Waals surface area contributed by atoms with Crippen LogP contribution < -0.4 is 14.8 Å². The Morgan fingerprint density at radius 2 is 1.87 bits per heavy atom. The Morgan fingerprint density at radius 3 is 2.67 bits per heavy atom. The standard InChI is InChI=1S/C23H21ClFN3O2/c1-29-21-11-15(12-26-13-22-27-19-8-4-5-9-20(19)28-22)10-17(24)23(21)30-14-16-6-2-3-7-18(16)25/h2-11,26H,12-14H2,1H3,(H,27,28). The minimum atomic E-state index is -0.320. The van der Waals surface area contributed by atoms with Crippen LogP contribution >= 0.6 is 11.6 Å². The van der Waals surface area contributed by atoms with Gasteiger partial charge < -0.3 is 19.8 Å². The Morgan fingerprint density at radius 1 is 1.07 bits per heavy atom. The third-order valence-electron chi connectivity index (χ3n) is 4.68. The Kier molecular flexibility index (Phi) is 6.16. The van der Waals surface area contributed by atoms with E-state index in [0.717, 1.165) is 22.4 Å². The molecule has 0 aliphatic rings. The molecule has 4 aromatic rings. The van der Waals surface area contributed by atoms with Crippen molar-refractivity contribution in [2.45, 2.75) is 19.7 Å². The molecular weight excluding hydrogens is 405 g/mol. The number of para-hydroxylation sites is 2. The highest BCUT2D eigenvalue weighted by Crippen LogP contribution is 2.37. The van der Waals surface area contributed by atoms with Crippen molar-refractivity contribution in [3.05, 3.63) is 88.5 Å². The first kappa shape index (κ1) is 20.2. The summed E-state index contributed by atoms with van der Waals surface area (Å²) in [6.07, 6.45) is 0. The zero-order valence-corrected chi connectivity index (χ0v) is 17.2. The van der Waals surface area contributed by atoms with Gasteiger partial charge in [0.05, 0.1) is 29.7 Å². The van der Waals surface area contributed by atoms with Gasteiger partial charge in [0.1, 0.15) is 18.2 Å². The molecule has 154 valence electrons. The maximum atomic E-state index is 13.8. The van der Waals surface area contributed by atoms with Gasteiger partial charge in [0.25, 0.3) is 0 Å². The van der Waals surface area contributed by atoms with Crippen LogP contribution in [0.25, 0.3) is 11.0 Å². The number of nitrogens with zero attached hydrogens (tertiary/aromatic N) is 1. The van der Waals surface area contributed by atoms with Crippen LogP contribution in [-0.4, -0.2) is 17.1 Å². The van der Waals surface area contributed by atoms with E-state index in [0.29, 0.717) is 35.2 Å². The Hall–Kier alpha value is -3.09. The molecule has 30 heavy (non-hydrogen) atoms. The first-order valence-corrected chi connectivity index (χ1v) is 9.89. The monoisotopic (exact) mass is 425 g/mol. The summed E-state index contributed by atoms with van der Waals surface area (Å²) in [4.78, 5) is 7.84. The molecule has 0 spiro atoms. The number of methoxy groups -OCH3 is 1. The molecule has 1 aromatic heterocycles. The maximum Gasteiger partial charge on any atom is 0.180 e. The van der Waals surface area contributed by atoms with E-state index in [-0.39, 0.29) is 12.4 Å². The second-order valence-corrected chi connectivity index (χ2v) is 7.20. The molecule has 0 aliphatic heterocycles. The highest BCUT2D eigenvalue weighted by molar-refractivity contribution is 6.32. The molecule has 0 atom stereocenters. The molecule has 0 radical (unpaired) electrons. The Labute approximate surface area is 178 Å². The molecule has 0 aliphatic carbocycles. The normalized spacial score (nSPS) is 11.0. The van der Waals surface area contributed by atoms with E-state index < -0.39 is 0 Å². The highest BCUT2D eigenvalue weighted by atomic mass is 35.5. The van der Waals surface area contributed by atoms with Crippen LogP contribution in [0.2, 0.25) is 5.02 Å². The fourth-order valence-corrected chi connectivity index (χ4v) is 3.48. The largest absolute Gasteiger partial charge is 0.493 e. The molecule has 0 bridgehead atoms. The van der Waals surface area contributed by atoms with Crippen molar-refractivity contribution in [2.24, 2.45) is 0 Å². The minimum absolute atomic E-state index is 0.0619. The molecule has 0 fully saturated rings. The van der Waals surface area contributed by atoms with Crippen molar-refractivity contribution in [3.8, 4) is 11.5 Å². The van der Waals surface area contributed by atoms with Gasteiger partial charge in [-0.05, 0) is 35.9 Å². The minimum Gasteiger partial charge on any atom is -0.493 e. The summed E-state index contributed by atoms with van der Waals surface area (Å²) >= 11 is 6.42. The zero-order chi connectivity index (χ0) is 20.9. The molecule has 1 heterocycles. The number of hydrogen-bond acceptors (Lipinski definition) is 4. The number of ether oxygens (including phenoxy) is 2. The number of halogens is 2. The molecule has 3 aromatic carbocycles. The summed E-state index contributed by atoms with van der Waals surface area (Å²) in [7, 11) is 1.55. The van der Waals surface area contributed by atoms with Gasteiger partial charge in [-0.25, -0.2) is 9.37 Å². The SMILES string of the molecule is COc1cc(CNCc2nc3ccccc3[nH]2)cc(Cl)c1OCc1ccccc1F. The molecule has 5 nitrogen and oxygen atoms in total. The van der Waals surface area contributed by atoms with Crippen LogP contribution in [0.4, 0.5) is 4.39 Å². The maximum absolute atomic E-state index is 13.8. The summed E-state index contributed by atoms with van der Waals surface area (Å²) in [5, 5.41) is 3.75. The first-order valence-electron chi connectivity index (χ1n) is 9.51. The van der Waals surface area contributed by atoms with Gasteiger partial charge in [0.15, 0.2) is 11.5 Å². The van der Waals surface area contributed by atoms with E-state index in [1.165, 1.54) is 6.07 Å². The van der Waals surface area contributed by atoms with E-state index in [1.807, 2.05) is 36.4 Å². The number of benzene rings is 3. The quantitative estimate of drug-likeness (QED) is 0.405. The number of imidazole rings is 1. The number of aromatic nitrogens is 2. The van der Waals surface area contributed by atoms with Crippen LogP contribution in [0.3, 0.4) is 0 Å². The van der Waals surface area contributed by atoms with Crippen molar-refractivity contribution in [1.82, 2.24) is 15.3 Å². The smallest absolute Gasteiger partial charge is 0.180 e. The molecule has 0 saturated carbocycles. The highest BCUT2D eigenvalue weighted by Gasteiger charge is 2.13. The van der Waals surface area contributed by atoms with Crippen molar-refractivity contribution in [2.75, 3.05) is 7.11 Å². The number of nitrogens with one attached hydrogen (secondary N) is 2. The third kappa shape index (κ3) is 4.56. The lowest BCUT2D eigenvalue weighted by molar-refractivity contribution is 0.279. The number of rotatable bonds is 8. The topological polar surface area (TPSA) is 59.2 Å². The summed E-state index contributed by atoms with van der Waals surface area (Å²) in [5.41, 5.74) is 3.34. The number of fused-ring (bicyclic) bond motifs is 1. The van der Waals surface area contributed by atoms with Gasteiger partial charge in [0, 0.05) is 12.1 Å². The van der Waals surface area contributed by atoms with Gasteiger partial charge >= 0.3 is 0 Å². The Balaban J connectivity index is 1.41. The number of aromatic amines is 1. The fraction of sp³-hybridized carbons (Fsp3) is 0.174. The van der Waals surface area contributed by atoms with Crippen LogP contribution in [0, 0.1) is 5.82 Å². The lowest BCUT2D eigenvalue weighted by Crippen LogP contribution is -2.14. The van der Waals surface area contributed by atoms with Crippen LogP contribution in [0.5, 0.6) is 11.5 Å². The van der Waals surface area contributed by atoms with E-state index in [4.69, 9.17) is 21.1 Å². The van der Waals surface area contributed by atoms with Crippen molar-refractivity contribution in [1.29, 1.82) is 0 Å². The summed E-state index contributed by atoms with van der Waals surface area (Å²) in [5.74, 6) is 1.43. The third-order valence-corrected chi connectivity index (χ3v) is 4.96. The zero-order valence-electron chi connectivity index (χ0n) is 16.4. The average Bonchev–Trinajstić information content (AvgIpc) is 3.16. The molecule has 0 saturated heterocycles. The molecule has 2 N–H and O–H groups in total. The van der Waals surface area contributed by atoms with Crippen molar-refractivity contribution < 1.29 is 13.9 Å². The average molecular weight is 426 g/mol. The van der Waals surface area contributed by atoms with Gasteiger partial charge in [0.2, 0.25) is 0 Å². The molecule has 4 rings (SSSR count). The van der Waals surface area contributed by atoms with Gasteiger partial charge in [-0.15, -0.1) is 0 Å². The second-order valence-electron chi connectivity index (χ2n) is 6.79. The lowest BCUT2D eigenvalue weighted by Gasteiger charge is -2.15. The molecule has 7 heteroatoms. The van der Waals surface area contributed by atoms with E-state index in [1.54, 1.807) is 25.3 Å². The van der Waals surface area contributed by atoms with E-state index in [9.17, 15) is 4.39 Å². The summed E-state index contributed by atoms with van der Waals surface area (Å²) in [6, 6.07) is 18.0. The molecule has 0 amide bonds. The van der Waals surface area contributed by atoms with E-state index >= 15 is 0 Å². The summed E-state index contributed by atoms with van der Waals surface area (Å²) < 4.78 is 25.0. The first-order chi connectivity index (χ1) is 14.6. The van der Waals surface area contributed by atoms with E-state index in [2.05, 4.69) is 15.3 Å². The molecular formula is C23H21ClFN3O2. The fourth-order valence-electron chi connectivity index (χ4n) is 3.20. The number of H-pyrrole nitrogens is 1. The lowest BCUT2D eigenvalue weighted by atomic mass is 10.2. The van der Waals surface area contributed by atoms with Crippen molar-refractivity contribution >= 4 is 22.6 Å². The van der Waals surface area contributed by atoms with Crippen molar-refractivity contribution in [3.63, 3.8) is 0 Å². The van der Waals surface area contributed by atoms with Gasteiger partial charge in [-0.3, -0.25) is 0 Å². The predicted octanol–water partition coefficient (Wildman–Crippen LogP) is 5.23. The number of hydrogen-bond donors (Lipinski definition) is 2. The van der Waals surface area contributed by atoms with Crippen LogP contribution in [0.1, 0.15) is 17.0 Å². The second kappa shape index (κ2) is 9.15. The van der Waals surface area contributed by atoms with Crippen LogP contribution in [0.15, 0.2) is 60.7 Å². The summed E-state index contributed by atoms with van der Waals surface area (Å²) in [6.45, 7) is 1.22. The Bertz CT molecular complexity index is 1130. The predicted molar refractivity (Wildman–Crippen MR) is 115 cm³/mol. The van der Waals surface area contributed by atoms with Gasteiger partial charge in [-0.1, -0.05) is 41.9 Å². The van der Waals surface area contributed by atoms with Gasteiger partial charge in [-0.2, -0.15) is 0 Å².